The second kappa shape index (κ2) is 39.9. The van der Waals surface area contributed by atoms with Crippen molar-refractivity contribution in [3.63, 3.8) is 0 Å². The molecule has 0 saturated carbocycles. The first-order valence-corrected chi connectivity index (χ1v) is 39.7. The molecule has 6 aromatic heterocycles. The van der Waals surface area contributed by atoms with Crippen molar-refractivity contribution in [2.24, 2.45) is 17.8 Å². The molecule has 114 heavy (non-hydrogen) atoms. The van der Waals surface area contributed by atoms with Crippen LogP contribution in [0.5, 0.6) is 0 Å². The number of benzene rings is 6. The molecule has 590 valence electrons. The number of carbonyl (C=O) groups excluding carboxylic acids is 2. The number of carbonyl (C=O) groups is 3. The Morgan fingerprint density at radius 3 is 0.991 bits per heavy atom. The average molecular weight is 1670 g/mol. The van der Waals surface area contributed by atoms with Gasteiger partial charge in [-0.1, -0.05) is 144 Å². The van der Waals surface area contributed by atoms with Crippen LogP contribution < -0.4 is 34.8 Å². The van der Waals surface area contributed by atoms with Crippen LogP contribution in [0.15, 0.2) is 230 Å². The normalized spacial score (nSPS) is 11.9. The van der Waals surface area contributed by atoms with E-state index in [-0.39, 0.29) is 58.8 Å². The summed E-state index contributed by atoms with van der Waals surface area (Å²) in [5.41, 5.74) is 0.100. The number of hydrogen-bond donors (Lipinski definition) is 4. The van der Waals surface area contributed by atoms with Gasteiger partial charge in [-0.15, -0.1) is 34.0 Å². The summed E-state index contributed by atoms with van der Waals surface area (Å²) in [6.07, 6.45) is -9.95. The molecule has 0 fully saturated rings. The van der Waals surface area contributed by atoms with E-state index in [9.17, 15) is 67.4 Å². The van der Waals surface area contributed by atoms with E-state index in [1.165, 1.54) is 34.0 Å². The number of pyridine rings is 3. The van der Waals surface area contributed by atoms with Crippen LogP contribution >= 0.6 is 45.8 Å². The van der Waals surface area contributed by atoms with E-state index in [2.05, 4.69) is 90.2 Å². The summed E-state index contributed by atoms with van der Waals surface area (Å²) in [5, 5.41) is 19.2. The van der Waals surface area contributed by atoms with E-state index in [1.807, 2.05) is 117 Å². The van der Waals surface area contributed by atoms with Crippen LogP contribution in [0.25, 0.3) is 33.8 Å². The Bertz CT molecular complexity index is 5320. The molecule has 12 rings (SSSR count). The van der Waals surface area contributed by atoms with E-state index in [4.69, 9.17) is 4.98 Å². The Balaban J connectivity index is 0.000000212. The minimum absolute atomic E-state index is 0. The van der Waals surface area contributed by atoms with Crippen molar-refractivity contribution in [3.8, 4) is 33.8 Å². The van der Waals surface area contributed by atoms with Crippen molar-refractivity contribution in [2.75, 3.05) is 30.2 Å². The van der Waals surface area contributed by atoms with Gasteiger partial charge in [0.25, 0.3) is 0 Å². The molecule has 0 aliphatic rings. The molecule has 6 aromatic carbocycles. The number of halogens is 9. The van der Waals surface area contributed by atoms with Gasteiger partial charge in [-0.05, 0) is 128 Å². The number of alkyl halides is 9. The maximum Gasteiger partial charge on any atom is 1.00 e. The number of rotatable bonds is 24. The molecule has 2 atom stereocenters. The molecule has 0 saturated heterocycles. The van der Waals surface area contributed by atoms with Crippen molar-refractivity contribution >= 4 is 118 Å². The van der Waals surface area contributed by atoms with E-state index < -0.39 is 80.3 Å². The monoisotopic (exact) mass is 1670 g/mol. The van der Waals surface area contributed by atoms with Crippen LogP contribution in [-0.4, -0.2) is 81.0 Å². The number of esters is 2. The third kappa shape index (κ3) is 23.8. The fourth-order valence-corrected chi connectivity index (χ4v) is 17.3. The zero-order valence-corrected chi connectivity index (χ0v) is 67.1. The van der Waals surface area contributed by atoms with Crippen molar-refractivity contribution < 1.29 is 101 Å². The van der Waals surface area contributed by atoms with Crippen LogP contribution in [0.4, 0.5) is 72.4 Å². The molecule has 6 heterocycles. The Labute approximate surface area is 683 Å². The molecule has 0 radical (unpaired) electrons. The predicted octanol–water partition coefficient (Wildman–Crippen LogP) is 19.1. The van der Waals surface area contributed by atoms with Gasteiger partial charge in [0.2, 0.25) is 0 Å². The van der Waals surface area contributed by atoms with Gasteiger partial charge in [0.1, 0.15) is 34.1 Å². The van der Waals surface area contributed by atoms with Crippen molar-refractivity contribution in [1.29, 1.82) is 0 Å². The predicted molar refractivity (Wildman–Crippen MR) is 420 cm³/mol. The van der Waals surface area contributed by atoms with Crippen LogP contribution in [0.3, 0.4) is 0 Å². The second-order valence-electron chi connectivity index (χ2n) is 25.8. The van der Waals surface area contributed by atoms with Gasteiger partial charge >= 0.3 is 55.3 Å². The molecule has 18 nitrogen and oxygen atoms in total. The van der Waals surface area contributed by atoms with Gasteiger partial charge in [-0.25, -0.2) is 52.7 Å². The molecule has 0 spiro atoms. The van der Waals surface area contributed by atoms with Crippen LogP contribution in [0.2, 0.25) is 0 Å². The fraction of sp³-hybridized carbons (Fsp3) is 0.212. The topological polar surface area (TPSA) is 267 Å². The summed E-state index contributed by atoms with van der Waals surface area (Å²) in [6.45, 7) is 12.4. The maximum atomic E-state index is 13.2. The van der Waals surface area contributed by atoms with E-state index in [1.54, 1.807) is 60.3 Å². The molecule has 0 bridgehead atoms. The molecule has 12 aromatic rings. The number of aromatic nitrogens is 6. The molecule has 0 aliphatic heterocycles. The average Bonchev–Trinajstić information content (AvgIpc) is 1.60. The SMILES string of the molecule is CC(C)Cc1sc(Nc2ncc(C(F)(F)F)cc2C(=O)O)nc1-c1ccc(S(=O)c2ccccc2)cc1.COC(=O)c1cc(C(F)(F)F)cnc1Nc1nc(-c2ccc(S(=O)c3ccccc3)cc2)c(CC(C)C)s1.COC(=O)c1cc(C(F)(F)F)cnc1Nc1nc(-c2ccc(Sc3ccccc3)cc2)c(CC(C)C)s1.[Li+].[OH-]. The third-order valence-corrected chi connectivity index (χ3v) is 22.7. The number of hydrogen-bond acceptors (Lipinski definition) is 21. The van der Waals surface area contributed by atoms with Gasteiger partial charge in [0, 0.05) is 79.3 Å². The Morgan fingerprint density at radius 1 is 0.430 bits per heavy atom. The van der Waals surface area contributed by atoms with E-state index >= 15 is 0 Å². The van der Waals surface area contributed by atoms with Gasteiger partial charge < -0.3 is 36.0 Å². The standard InChI is InChI=1S/C27H24F3N3O3S2.C27H24F3N3O2S2.C26H22F3N3O3S2.Li.H2O/c1-16(2)13-22-23(17-9-11-20(12-10-17)38(35)19-7-5-4-6-8-19)32-26(37-22)33-24-21(25(34)36-3)14-18(15-31-24)27(28,29)30;1-16(2)13-22-23(17-9-11-20(12-10-17)36-19-7-5-4-6-8-19)32-26(37-22)33-24-21(25(34)35-3)14-18(15-31-24)27(28,29)30;1-15(2)12-21-22(16-8-10-19(11-9-16)37(35)18-6-4-3-5-7-18)31-25(36-21)32-23-20(24(33)34)13-17(14-30-23)26(27,28)29;;/h4-12,14-16H,13H2,1-3H3,(H,31,32,33);4-12,14-16H,13H2,1-3H3,(H,31,32,33);3-11,13-15H,12H2,1-2H3,(H,33,34)(H,30,31,32);;1H2/q;;;+1;/p-1. The Kier molecular flexibility index (Phi) is 31.3. The van der Waals surface area contributed by atoms with Crippen molar-refractivity contribution in [1.82, 2.24) is 29.9 Å². The fourth-order valence-electron chi connectivity index (χ4n) is 10.7. The second-order valence-corrected chi connectivity index (χ2v) is 33.2. The number of anilines is 6. The molecule has 5 N–H and O–H groups in total. The number of carboxylic acid groups (broad SMARTS) is 1. The minimum Gasteiger partial charge on any atom is -0.870 e. The number of carboxylic acids is 1. The maximum absolute atomic E-state index is 13.2. The summed E-state index contributed by atoms with van der Waals surface area (Å²) < 4.78 is 153. The van der Waals surface area contributed by atoms with Gasteiger partial charge in [0.05, 0.1) is 69.6 Å². The minimum atomic E-state index is -4.72. The smallest absolute Gasteiger partial charge is 0.870 e. The molecular weight excluding hydrogens is 1600 g/mol. The zero-order chi connectivity index (χ0) is 80.8. The molecular formula is C80H71F9LiN9O9S6. The zero-order valence-electron chi connectivity index (χ0n) is 62.2. The molecule has 2 unspecified atom stereocenters. The van der Waals surface area contributed by atoms with E-state index in [0.29, 0.717) is 102 Å². The Morgan fingerprint density at radius 2 is 0.702 bits per heavy atom. The molecule has 0 amide bonds. The summed E-state index contributed by atoms with van der Waals surface area (Å²) in [6, 6.07) is 52.8. The number of ether oxygens (including phenoxy) is 2. The molecule has 34 heteroatoms. The summed E-state index contributed by atoms with van der Waals surface area (Å²) in [5.74, 6) is -2.83. The van der Waals surface area contributed by atoms with Crippen LogP contribution in [0.1, 0.15) is 104 Å². The Hall–Kier alpha value is -9.95. The van der Waals surface area contributed by atoms with Crippen molar-refractivity contribution in [2.45, 2.75) is 109 Å². The van der Waals surface area contributed by atoms with Gasteiger partial charge in [-0.3, -0.25) is 0 Å². The van der Waals surface area contributed by atoms with Gasteiger partial charge in [-0.2, -0.15) is 39.5 Å². The van der Waals surface area contributed by atoms with E-state index in [0.717, 1.165) is 73.5 Å². The summed E-state index contributed by atoms with van der Waals surface area (Å²) >= 11 is 5.64. The number of nitrogens with zero attached hydrogens (tertiary/aromatic N) is 6. The number of thiazole rings is 3. The largest absolute Gasteiger partial charge is 1.00 e. The number of nitrogens with one attached hydrogen (secondary N) is 3. The quantitative estimate of drug-likeness (QED) is 0.0249. The van der Waals surface area contributed by atoms with Crippen LogP contribution in [0, 0.1) is 17.8 Å². The first-order chi connectivity index (χ1) is 53.2. The first kappa shape index (κ1) is 89.6. The first-order valence-electron chi connectivity index (χ1n) is 34.1. The number of methoxy groups -OCH3 is 2. The molecule has 0 aliphatic carbocycles. The summed E-state index contributed by atoms with van der Waals surface area (Å²) in [4.78, 5) is 69.3. The number of aromatic carboxylic acids is 1. The van der Waals surface area contributed by atoms with Gasteiger partial charge in [0.15, 0.2) is 15.4 Å². The third-order valence-electron chi connectivity index (χ3n) is 15.9. The van der Waals surface area contributed by atoms with Crippen molar-refractivity contribution in [3.05, 3.63) is 249 Å². The summed E-state index contributed by atoms with van der Waals surface area (Å²) in [7, 11) is -0.471. The van der Waals surface area contributed by atoms with Crippen LogP contribution in [-0.2, 0) is 68.9 Å².